The molecule has 1 aromatic rings. The van der Waals surface area contributed by atoms with Crippen LogP contribution in [0.4, 0.5) is 8.78 Å². The van der Waals surface area contributed by atoms with E-state index < -0.39 is 5.92 Å². The van der Waals surface area contributed by atoms with Gasteiger partial charge in [0, 0.05) is 44.0 Å². The molecule has 2 heterocycles. The number of carbonyl (C=O) groups excluding carboxylic acids is 1. The fourth-order valence-electron chi connectivity index (χ4n) is 2.92. The molecule has 1 atom stereocenters. The number of aromatic amines is 1. The first-order valence-electron chi connectivity index (χ1n) is 6.73. The molecule has 0 spiro atoms. The average Bonchev–Trinajstić information content (AvgIpc) is 2.85. The number of hydrogen-bond donors (Lipinski definition) is 1. The molecule has 4 nitrogen and oxygen atoms in total. The van der Waals surface area contributed by atoms with E-state index in [1.807, 2.05) is 0 Å². The normalized spacial score (nSPS) is 26.0. The summed E-state index contributed by atoms with van der Waals surface area (Å²) in [6, 6.07) is 0. The molecule has 1 aromatic heterocycles. The van der Waals surface area contributed by atoms with Crippen molar-refractivity contribution in [3.05, 3.63) is 17.7 Å². The Hall–Kier alpha value is -1.46. The van der Waals surface area contributed by atoms with Crippen molar-refractivity contribution in [3.63, 3.8) is 0 Å². The third-order valence-electron chi connectivity index (χ3n) is 4.14. The standard InChI is InChI=1S/C13H17F2N3O/c14-13(15)3-5-18(6-4-13)12(19)9-1-2-10-11(7-9)17-8-16-10/h8-9H,1-7H2,(H,16,17). The monoisotopic (exact) mass is 269 g/mol. The number of H-pyrrole nitrogens is 1. The number of fused-ring (bicyclic) bond motifs is 1. The second kappa shape index (κ2) is 4.58. The quantitative estimate of drug-likeness (QED) is 0.844. The minimum absolute atomic E-state index is 0.0238. The van der Waals surface area contributed by atoms with E-state index >= 15 is 0 Å². The molecule has 2 aliphatic rings. The molecule has 0 radical (unpaired) electrons. The minimum atomic E-state index is -2.60. The van der Waals surface area contributed by atoms with Gasteiger partial charge in [-0.3, -0.25) is 4.79 Å². The molecule has 1 aliphatic carbocycles. The van der Waals surface area contributed by atoms with Crippen LogP contribution >= 0.6 is 0 Å². The first-order valence-corrected chi connectivity index (χ1v) is 6.73. The van der Waals surface area contributed by atoms with Gasteiger partial charge >= 0.3 is 0 Å². The van der Waals surface area contributed by atoms with Crippen molar-refractivity contribution < 1.29 is 13.6 Å². The van der Waals surface area contributed by atoms with Crippen LogP contribution in [0.2, 0.25) is 0 Å². The summed E-state index contributed by atoms with van der Waals surface area (Å²) in [4.78, 5) is 21.2. The molecule has 1 saturated heterocycles. The van der Waals surface area contributed by atoms with Gasteiger partial charge in [0.25, 0.3) is 5.92 Å². The fourth-order valence-corrected chi connectivity index (χ4v) is 2.92. The molecular formula is C13H17F2N3O. The summed E-state index contributed by atoms with van der Waals surface area (Å²) in [6.45, 7) is 0.357. The lowest BCUT2D eigenvalue weighted by molar-refractivity contribution is -0.142. The van der Waals surface area contributed by atoms with Crippen LogP contribution in [0.1, 0.15) is 30.7 Å². The van der Waals surface area contributed by atoms with E-state index in [0.29, 0.717) is 6.42 Å². The summed E-state index contributed by atoms with van der Waals surface area (Å²) in [6.07, 6.45) is 3.45. The third-order valence-corrected chi connectivity index (χ3v) is 4.14. The topological polar surface area (TPSA) is 49.0 Å². The zero-order valence-electron chi connectivity index (χ0n) is 10.7. The smallest absolute Gasteiger partial charge is 0.251 e. The van der Waals surface area contributed by atoms with Gasteiger partial charge in [0.15, 0.2) is 0 Å². The van der Waals surface area contributed by atoms with Crippen molar-refractivity contribution in [2.24, 2.45) is 5.92 Å². The second-order valence-corrected chi connectivity index (χ2v) is 5.45. The number of alkyl halides is 2. The molecule has 0 saturated carbocycles. The van der Waals surface area contributed by atoms with Gasteiger partial charge in [-0.05, 0) is 12.8 Å². The maximum Gasteiger partial charge on any atom is 0.251 e. The number of amides is 1. The third kappa shape index (κ3) is 2.48. The molecule has 6 heteroatoms. The first-order chi connectivity index (χ1) is 9.05. The predicted molar refractivity (Wildman–Crippen MR) is 64.9 cm³/mol. The molecule has 1 fully saturated rings. The van der Waals surface area contributed by atoms with E-state index in [2.05, 4.69) is 9.97 Å². The van der Waals surface area contributed by atoms with E-state index in [-0.39, 0.29) is 37.8 Å². The summed E-state index contributed by atoms with van der Waals surface area (Å²) in [5.74, 6) is -2.66. The summed E-state index contributed by atoms with van der Waals surface area (Å²) >= 11 is 0. The van der Waals surface area contributed by atoms with Gasteiger partial charge in [-0.25, -0.2) is 13.8 Å². The van der Waals surface area contributed by atoms with E-state index in [0.717, 1.165) is 24.2 Å². The Kier molecular flexibility index (Phi) is 3.03. The number of aromatic nitrogens is 2. The van der Waals surface area contributed by atoms with Crippen LogP contribution < -0.4 is 0 Å². The van der Waals surface area contributed by atoms with Crippen molar-refractivity contribution in [3.8, 4) is 0 Å². The van der Waals surface area contributed by atoms with E-state index in [4.69, 9.17) is 0 Å². The highest BCUT2D eigenvalue weighted by Crippen LogP contribution is 2.30. The largest absolute Gasteiger partial charge is 0.348 e. The first kappa shape index (κ1) is 12.6. The summed E-state index contributed by atoms with van der Waals surface area (Å²) in [7, 11) is 0. The van der Waals surface area contributed by atoms with Crippen molar-refractivity contribution in [2.75, 3.05) is 13.1 Å². The summed E-state index contributed by atoms with van der Waals surface area (Å²) < 4.78 is 26.2. The van der Waals surface area contributed by atoms with Crippen LogP contribution in [-0.2, 0) is 17.6 Å². The number of nitrogens with one attached hydrogen (secondary N) is 1. The number of piperidine rings is 1. The molecule has 104 valence electrons. The average molecular weight is 269 g/mol. The van der Waals surface area contributed by atoms with Crippen LogP contribution in [-0.4, -0.2) is 39.8 Å². The minimum Gasteiger partial charge on any atom is -0.348 e. The van der Waals surface area contributed by atoms with Gasteiger partial charge in [-0.1, -0.05) is 0 Å². The van der Waals surface area contributed by atoms with Crippen LogP contribution in [0.15, 0.2) is 6.33 Å². The number of halogens is 2. The van der Waals surface area contributed by atoms with Gasteiger partial charge < -0.3 is 9.88 Å². The highest BCUT2D eigenvalue weighted by Gasteiger charge is 2.38. The van der Waals surface area contributed by atoms with Gasteiger partial charge in [0.05, 0.1) is 12.0 Å². The number of nitrogens with zero attached hydrogens (tertiary/aromatic N) is 2. The van der Waals surface area contributed by atoms with Crippen LogP contribution in [0, 0.1) is 5.92 Å². The number of hydrogen-bond acceptors (Lipinski definition) is 2. The lowest BCUT2D eigenvalue weighted by Gasteiger charge is -2.34. The number of likely N-dealkylation sites (tertiary alicyclic amines) is 1. The van der Waals surface area contributed by atoms with Crippen LogP contribution in [0.3, 0.4) is 0 Å². The Morgan fingerprint density at radius 1 is 1.42 bits per heavy atom. The number of carbonyl (C=O) groups is 1. The SMILES string of the molecule is O=C(C1CCc2nc[nH]c2C1)N1CCC(F)(F)CC1. The second-order valence-electron chi connectivity index (χ2n) is 5.45. The van der Waals surface area contributed by atoms with E-state index in [1.165, 1.54) is 0 Å². The van der Waals surface area contributed by atoms with Crippen LogP contribution in [0.5, 0.6) is 0 Å². The molecule has 0 aromatic carbocycles. The molecular weight excluding hydrogens is 252 g/mol. The van der Waals surface area contributed by atoms with Crippen molar-refractivity contribution in [1.29, 1.82) is 0 Å². The molecule has 1 unspecified atom stereocenters. The lowest BCUT2D eigenvalue weighted by atomic mass is 9.88. The lowest BCUT2D eigenvalue weighted by Crippen LogP contribution is -2.46. The Balaban J connectivity index is 1.63. The number of imidazole rings is 1. The zero-order chi connectivity index (χ0) is 13.5. The fraction of sp³-hybridized carbons (Fsp3) is 0.692. The van der Waals surface area contributed by atoms with E-state index in [1.54, 1.807) is 11.2 Å². The number of rotatable bonds is 1. The maximum atomic E-state index is 13.1. The highest BCUT2D eigenvalue weighted by molar-refractivity contribution is 5.79. The highest BCUT2D eigenvalue weighted by atomic mass is 19.3. The Bertz CT molecular complexity index is 476. The van der Waals surface area contributed by atoms with Crippen molar-refractivity contribution in [2.45, 2.75) is 38.0 Å². The van der Waals surface area contributed by atoms with Gasteiger partial charge in [0.1, 0.15) is 0 Å². The predicted octanol–water partition coefficient (Wildman–Crippen LogP) is 1.77. The number of aryl methyl sites for hydroxylation is 1. The molecule has 0 bridgehead atoms. The summed E-state index contributed by atoms with van der Waals surface area (Å²) in [5, 5.41) is 0. The molecule has 1 amide bonds. The van der Waals surface area contributed by atoms with Crippen LogP contribution in [0.25, 0.3) is 0 Å². The van der Waals surface area contributed by atoms with Crippen molar-refractivity contribution in [1.82, 2.24) is 14.9 Å². The van der Waals surface area contributed by atoms with Gasteiger partial charge in [-0.15, -0.1) is 0 Å². The zero-order valence-corrected chi connectivity index (χ0v) is 10.7. The maximum absolute atomic E-state index is 13.1. The van der Waals surface area contributed by atoms with Crippen molar-refractivity contribution >= 4 is 5.91 Å². The molecule has 1 aliphatic heterocycles. The Labute approximate surface area is 110 Å². The molecule has 3 rings (SSSR count). The van der Waals surface area contributed by atoms with E-state index in [9.17, 15) is 13.6 Å². The van der Waals surface area contributed by atoms with Gasteiger partial charge in [-0.2, -0.15) is 0 Å². The molecule has 1 N–H and O–H groups in total. The molecule has 19 heavy (non-hydrogen) atoms. The Morgan fingerprint density at radius 2 is 2.16 bits per heavy atom. The Morgan fingerprint density at radius 3 is 2.89 bits per heavy atom. The summed E-state index contributed by atoms with van der Waals surface area (Å²) in [5.41, 5.74) is 2.06. The van der Waals surface area contributed by atoms with Gasteiger partial charge in [0.2, 0.25) is 5.91 Å².